The van der Waals surface area contributed by atoms with Crippen molar-refractivity contribution in [2.24, 2.45) is 0 Å². The lowest BCUT2D eigenvalue weighted by Crippen LogP contribution is -2.40. The van der Waals surface area contributed by atoms with Crippen molar-refractivity contribution in [2.45, 2.75) is 69.5 Å². The molecule has 2 aromatic carbocycles. The van der Waals surface area contributed by atoms with Gasteiger partial charge >= 0.3 is 5.97 Å². The molecule has 3 aromatic rings. The number of fused-ring (bicyclic) bond motifs is 1. The molecule has 1 heterocycles. The summed E-state index contributed by atoms with van der Waals surface area (Å²) in [4.78, 5) is 14.6. The molecule has 5 rings (SSSR count). The van der Waals surface area contributed by atoms with Crippen molar-refractivity contribution >= 4 is 16.9 Å². The van der Waals surface area contributed by atoms with Gasteiger partial charge in [0.25, 0.3) is 0 Å². The Labute approximate surface area is 182 Å². The van der Waals surface area contributed by atoms with Gasteiger partial charge in [0.15, 0.2) is 0 Å². The van der Waals surface area contributed by atoms with Crippen LogP contribution in [0.4, 0.5) is 0 Å². The first-order valence-electron chi connectivity index (χ1n) is 11.2. The molecule has 1 aromatic heterocycles. The summed E-state index contributed by atoms with van der Waals surface area (Å²) in [6.45, 7) is 4.02. The molecule has 0 aliphatic heterocycles. The van der Waals surface area contributed by atoms with E-state index >= 15 is 0 Å². The van der Waals surface area contributed by atoms with E-state index in [0.29, 0.717) is 18.8 Å². The summed E-state index contributed by atoms with van der Waals surface area (Å²) in [6, 6.07) is 11.4. The Balaban J connectivity index is 1.53. The number of aromatic carboxylic acids is 1. The number of hydrogen-bond acceptors (Lipinski definition) is 3. The largest absolute Gasteiger partial charge is 0.489 e. The highest BCUT2D eigenvalue weighted by Gasteiger charge is 2.40. The zero-order valence-electron chi connectivity index (χ0n) is 18.0. The maximum absolute atomic E-state index is 11.3. The number of aryl methyl sites for hydroxylation is 1. The lowest BCUT2D eigenvalue weighted by atomic mass is 9.74. The van der Waals surface area contributed by atoms with Crippen LogP contribution in [0.3, 0.4) is 0 Å². The molecule has 0 saturated heterocycles. The highest BCUT2D eigenvalue weighted by Crippen LogP contribution is 2.49. The maximum Gasteiger partial charge on any atom is 0.335 e. The number of rotatable bonds is 5. The second-order valence-electron chi connectivity index (χ2n) is 9.58. The van der Waals surface area contributed by atoms with Crippen molar-refractivity contribution in [2.75, 3.05) is 0 Å². The maximum atomic E-state index is 11.3. The molecule has 0 radical (unpaired) electrons. The molecule has 162 valence electrons. The molecule has 2 fully saturated rings. The van der Waals surface area contributed by atoms with Gasteiger partial charge in [-0.05, 0) is 86.8 Å². The van der Waals surface area contributed by atoms with E-state index in [-0.39, 0.29) is 17.6 Å². The van der Waals surface area contributed by atoms with Crippen molar-refractivity contribution in [1.82, 2.24) is 4.98 Å². The number of carbonyl (C=O) groups is 1. The van der Waals surface area contributed by atoms with Gasteiger partial charge in [-0.1, -0.05) is 18.2 Å². The number of nitrogens with one attached hydrogen (secondary N) is 1. The molecule has 2 saturated carbocycles. The van der Waals surface area contributed by atoms with E-state index in [4.69, 9.17) is 4.74 Å². The molecule has 0 bridgehead atoms. The number of carboxylic acids is 1. The Morgan fingerprint density at radius 2 is 1.90 bits per heavy atom. The van der Waals surface area contributed by atoms with E-state index in [2.05, 4.69) is 24.0 Å². The SMILES string of the molecule is Cc1cc(C2CC2)c(O[C@@H]2CC[C@@](C)(O)C[C@H]2c2ccc(C(=O)O)cc2)c2cc[nH]c12. The highest BCUT2D eigenvalue weighted by molar-refractivity contribution is 5.90. The summed E-state index contributed by atoms with van der Waals surface area (Å²) in [6.07, 6.45) is 6.31. The third-order valence-electron chi connectivity index (χ3n) is 6.97. The van der Waals surface area contributed by atoms with Crippen molar-refractivity contribution in [3.8, 4) is 5.75 Å². The van der Waals surface area contributed by atoms with Crippen molar-refractivity contribution < 1.29 is 19.7 Å². The molecule has 3 N–H and O–H groups in total. The number of aliphatic hydroxyl groups is 1. The van der Waals surface area contributed by atoms with Gasteiger partial charge in [0.2, 0.25) is 0 Å². The van der Waals surface area contributed by atoms with Crippen LogP contribution in [0.1, 0.15) is 77.9 Å². The molecule has 3 atom stereocenters. The first kappa shape index (κ1) is 20.1. The van der Waals surface area contributed by atoms with Crippen LogP contribution in [0.15, 0.2) is 42.6 Å². The number of H-pyrrole nitrogens is 1. The van der Waals surface area contributed by atoms with Crippen LogP contribution in [0, 0.1) is 6.92 Å². The van der Waals surface area contributed by atoms with Crippen molar-refractivity contribution in [3.63, 3.8) is 0 Å². The van der Waals surface area contributed by atoms with Crippen molar-refractivity contribution in [1.29, 1.82) is 0 Å². The fraction of sp³-hybridized carbons (Fsp3) is 0.423. The minimum absolute atomic E-state index is 0.00561. The molecule has 5 heteroatoms. The molecular weight excluding hydrogens is 390 g/mol. The third-order valence-corrected chi connectivity index (χ3v) is 6.97. The minimum Gasteiger partial charge on any atom is -0.489 e. The molecular formula is C26H29NO4. The Kier molecular flexibility index (Phi) is 4.82. The monoisotopic (exact) mass is 419 g/mol. The van der Waals surface area contributed by atoms with Crippen molar-refractivity contribution in [3.05, 3.63) is 64.8 Å². The lowest BCUT2D eigenvalue weighted by Gasteiger charge is -2.40. The summed E-state index contributed by atoms with van der Waals surface area (Å²) in [7, 11) is 0. The fourth-order valence-corrected chi connectivity index (χ4v) is 5.10. The average molecular weight is 420 g/mol. The van der Waals surface area contributed by atoms with E-state index in [1.807, 2.05) is 25.3 Å². The number of aromatic amines is 1. The Morgan fingerprint density at radius 3 is 2.58 bits per heavy atom. The molecule has 0 unspecified atom stereocenters. The van der Waals surface area contributed by atoms with Gasteiger partial charge in [0.1, 0.15) is 11.9 Å². The third kappa shape index (κ3) is 3.83. The zero-order valence-corrected chi connectivity index (χ0v) is 18.0. The number of hydrogen-bond donors (Lipinski definition) is 3. The van der Waals surface area contributed by atoms with Crippen LogP contribution >= 0.6 is 0 Å². The van der Waals surface area contributed by atoms with Gasteiger partial charge in [-0.2, -0.15) is 0 Å². The van der Waals surface area contributed by atoms with Crippen LogP contribution in [0.25, 0.3) is 10.9 Å². The number of ether oxygens (including phenoxy) is 1. The first-order valence-corrected chi connectivity index (χ1v) is 11.2. The minimum atomic E-state index is -0.932. The predicted octanol–water partition coefficient (Wildman–Crippen LogP) is 5.52. The molecule has 31 heavy (non-hydrogen) atoms. The number of aromatic nitrogens is 1. The predicted molar refractivity (Wildman–Crippen MR) is 120 cm³/mol. The lowest BCUT2D eigenvalue weighted by molar-refractivity contribution is -0.0233. The van der Waals surface area contributed by atoms with E-state index in [0.717, 1.165) is 28.6 Å². The summed E-state index contributed by atoms with van der Waals surface area (Å²) in [5.41, 5.74) is 4.17. The Bertz CT molecular complexity index is 1120. The summed E-state index contributed by atoms with van der Waals surface area (Å²) in [5, 5.41) is 21.2. The molecule has 5 nitrogen and oxygen atoms in total. The standard InChI is InChI=1S/C26H29NO4/c1-15-13-20(16-3-4-16)24(19-10-12-27-23(15)19)31-22-9-11-26(2,30)14-21(22)17-5-7-18(8-6-17)25(28)29/h5-8,10,12-13,16,21-22,27,30H,3-4,9,11,14H2,1-2H3,(H,28,29)/t21-,22+,26+/m0/s1. The van der Waals surface area contributed by atoms with Gasteiger partial charge in [-0.15, -0.1) is 0 Å². The van der Waals surface area contributed by atoms with Gasteiger partial charge in [0.05, 0.1) is 16.7 Å². The zero-order chi connectivity index (χ0) is 21.8. The summed E-state index contributed by atoms with van der Waals surface area (Å²) in [5.74, 6) is 0.601. The van der Waals surface area contributed by atoms with Crippen LogP contribution in [0.2, 0.25) is 0 Å². The summed E-state index contributed by atoms with van der Waals surface area (Å²) >= 11 is 0. The smallest absolute Gasteiger partial charge is 0.335 e. The second kappa shape index (κ2) is 7.41. The van der Waals surface area contributed by atoms with Gasteiger partial charge < -0.3 is 19.9 Å². The number of benzene rings is 2. The fourth-order valence-electron chi connectivity index (χ4n) is 5.10. The molecule has 2 aliphatic carbocycles. The molecule has 2 aliphatic rings. The van der Waals surface area contributed by atoms with Crippen LogP contribution in [-0.4, -0.2) is 32.9 Å². The molecule has 0 spiro atoms. The summed E-state index contributed by atoms with van der Waals surface area (Å²) < 4.78 is 6.80. The normalized spacial score (nSPS) is 26.2. The van der Waals surface area contributed by atoms with E-state index < -0.39 is 11.6 Å². The Hall–Kier alpha value is -2.79. The average Bonchev–Trinajstić information content (AvgIpc) is 3.46. The van der Waals surface area contributed by atoms with E-state index in [1.165, 1.54) is 24.0 Å². The van der Waals surface area contributed by atoms with Crippen LogP contribution in [0.5, 0.6) is 5.75 Å². The van der Waals surface area contributed by atoms with Gasteiger partial charge in [-0.3, -0.25) is 0 Å². The van der Waals surface area contributed by atoms with Crippen LogP contribution < -0.4 is 4.74 Å². The Morgan fingerprint density at radius 1 is 1.16 bits per heavy atom. The topological polar surface area (TPSA) is 82.6 Å². The van der Waals surface area contributed by atoms with Crippen LogP contribution in [-0.2, 0) is 0 Å². The van der Waals surface area contributed by atoms with Gasteiger partial charge in [-0.25, -0.2) is 4.79 Å². The highest BCUT2D eigenvalue weighted by atomic mass is 16.5. The quantitative estimate of drug-likeness (QED) is 0.509. The van der Waals surface area contributed by atoms with Gasteiger partial charge in [0, 0.05) is 17.5 Å². The number of carboxylic acid groups (broad SMARTS) is 1. The second-order valence-corrected chi connectivity index (χ2v) is 9.58. The molecule has 0 amide bonds. The van der Waals surface area contributed by atoms with E-state index in [1.54, 1.807) is 12.1 Å². The van der Waals surface area contributed by atoms with E-state index in [9.17, 15) is 15.0 Å². The first-order chi connectivity index (χ1) is 14.8.